The van der Waals surface area contributed by atoms with Crippen LogP contribution in [0.15, 0.2) is 93.9 Å². The Morgan fingerprint density at radius 1 is 0.672 bits per heavy atom. The van der Waals surface area contributed by atoms with Gasteiger partial charge in [0.05, 0.1) is 21.6 Å². The highest BCUT2D eigenvalue weighted by atomic mass is 32.2. The number of aromatic hydroxyl groups is 3. The Hall–Kier alpha value is -7.38. The van der Waals surface area contributed by atoms with Gasteiger partial charge in [0.25, 0.3) is 36.0 Å². The van der Waals surface area contributed by atoms with Gasteiger partial charge < -0.3 is 25.5 Å². The van der Waals surface area contributed by atoms with Crippen LogP contribution in [0.1, 0.15) is 20.8 Å². The van der Waals surface area contributed by atoms with Crippen molar-refractivity contribution < 1.29 is 79.0 Å². The van der Waals surface area contributed by atoms with E-state index in [1.165, 1.54) is 7.05 Å². The molecule has 8 N–H and O–H groups in total. The number of aromatic nitrogens is 2. The molecule has 5 aromatic rings. The highest BCUT2D eigenvalue weighted by molar-refractivity contribution is 7.86. The standard InChI is InChI=1S/C28H19N9O18S3/c1-36-26(40)22(23(35-36)28(43)44)34-29-11-2-4-14(13(8-11)27(41)42)30-32-20-17(57(50,51)52)6-10-7-18(58(53,54)55)21(25(39)19(10)24(20)38)33-31-15-5-3-12(37(45)46)9-16(15)56(47,48)49/h2-9,38-40H,1H3,(H,41,42)(H,43,44)(H,47,48,49)(H,50,51,52)(H,53,54,55). The summed E-state index contributed by atoms with van der Waals surface area (Å²) in [5.41, 5.74) is -7.13. The molecule has 5 rings (SSSR count). The molecule has 0 unspecified atom stereocenters. The van der Waals surface area contributed by atoms with Crippen molar-refractivity contribution in [3.05, 3.63) is 69.9 Å². The molecule has 0 atom stereocenters. The lowest BCUT2D eigenvalue weighted by Crippen LogP contribution is -2.02. The number of aryl methyl sites for hydroxylation is 1. The number of carbonyl (C=O) groups is 2. The molecule has 302 valence electrons. The maximum absolute atomic E-state index is 12.4. The van der Waals surface area contributed by atoms with Crippen molar-refractivity contribution in [2.75, 3.05) is 0 Å². The fraction of sp³-hybridized carbons (Fsp3) is 0.0357. The van der Waals surface area contributed by atoms with E-state index in [1.807, 2.05) is 0 Å². The normalized spacial score (nSPS) is 12.6. The number of nitrogens with zero attached hydrogens (tertiary/aromatic N) is 9. The van der Waals surface area contributed by atoms with Crippen LogP contribution in [0.25, 0.3) is 10.8 Å². The topological polar surface area (TPSA) is 434 Å². The monoisotopic (exact) mass is 865 g/mol. The van der Waals surface area contributed by atoms with Crippen LogP contribution < -0.4 is 0 Å². The maximum atomic E-state index is 12.4. The van der Waals surface area contributed by atoms with Crippen LogP contribution in [0.2, 0.25) is 0 Å². The molecule has 0 amide bonds. The molecule has 30 heteroatoms. The minimum absolute atomic E-state index is 0.276. The molecule has 27 nitrogen and oxygen atoms in total. The van der Waals surface area contributed by atoms with Crippen LogP contribution >= 0.6 is 0 Å². The quantitative estimate of drug-likeness (QED) is 0.0354. The number of nitro benzene ring substituents is 1. The van der Waals surface area contributed by atoms with Crippen LogP contribution in [0.4, 0.5) is 39.8 Å². The van der Waals surface area contributed by atoms with Crippen LogP contribution in [-0.2, 0) is 37.4 Å². The first-order chi connectivity index (χ1) is 26.8. The van der Waals surface area contributed by atoms with E-state index in [0.29, 0.717) is 30.3 Å². The first kappa shape index (κ1) is 41.8. The maximum Gasteiger partial charge on any atom is 0.358 e. The highest BCUT2D eigenvalue weighted by Gasteiger charge is 2.30. The number of carboxylic acid groups (broad SMARTS) is 2. The highest BCUT2D eigenvalue weighted by Crippen LogP contribution is 2.50. The second kappa shape index (κ2) is 14.9. The second-order valence-electron chi connectivity index (χ2n) is 11.1. The average Bonchev–Trinajstić information content (AvgIpc) is 3.40. The molecule has 0 spiro atoms. The second-order valence-corrected chi connectivity index (χ2v) is 15.3. The number of phenols is 2. The zero-order chi connectivity index (χ0) is 43.2. The van der Waals surface area contributed by atoms with Gasteiger partial charge in [-0.15, -0.1) is 25.6 Å². The van der Waals surface area contributed by atoms with E-state index in [0.717, 1.165) is 22.9 Å². The van der Waals surface area contributed by atoms with E-state index in [2.05, 4.69) is 35.8 Å². The number of hydrogen-bond donors (Lipinski definition) is 8. The molecule has 4 aromatic carbocycles. The molecule has 0 aliphatic carbocycles. The number of fused-ring (bicyclic) bond motifs is 1. The number of carboxylic acids is 2. The summed E-state index contributed by atoms with van der Waals surface area (Å²) < 4.78 is 104. The Morgan fingerprint density at radius 2 is 1.17 bits per heavy atom. The van der Waals surface area contributed by atoms with Crippen molar-refractivity contribution in [3.8, 4) is 17.4 Å². The molecular weight excluding hydrogens is 847 g/mol. The van der Waals surface area contributed by atoms with Gasteiger partial charge in [-0.1, -0.05) is 0 Å². The minimum atomic E-state index is -5.49. The van der Waals surface area contributed by atoms with Crippen molar-refractivity contribution in [1.82, 2.24) is 9.78 Å². The molecule has 0 fully saturated rings. The predicted octanol–water partition coefficient (Wildman–Crippen LogP) is 4.98. The number of non-ortho nitro benzene ring substituents is 1. The largest absolute Gasteiger partial charge is 0.505 e. The Bertz CT molecular complexity index is 3070. The molecule has 0 saturated carbocycles. The first-order valence-electron chi connectivity index (χ1n) is 14.7. The van der Waals surface area contributed by atoms with E-state index < -0.39 is 135 Å². The van der Waals surface area contributed by atoms with E-state index in [-0.39, 0.29) is 5.69 Å². The lowest BCUT2D eigenvalue weighted by Gasteiger charge is -2.13. The van der Waals surface area contributed by atoms with Crippen LogP contribution in [0, 0.1) is 10.1 Å². The molecule has 0 aliphatic heterocycles. The summed E-state index contributed by atoms with van der Waals surface area (Å²) in [6, 6.07) is 5.32. The molecule has 1 aromatic heterocycles. The van der Waals surface area contributed by atoms with Crippen molar-refractivity contribution in [2.45, 2.75) is 14.7 Å². The van der Waals surface area contributed by atoms with E-state index >= 15 is 0 Å². The molecule has 58 heavy (non-hydrogen) atoms. The van der Waals surface area contributed by atoms with Gasteiger partial charge in [-0.2, -0.15) is 35.5 Å². The number of rotatable bonds is 12. The van der Waals surface area contributed by atoms with Gasteiger partial charge in [-0.25, -0.2) is 14.3 Å². The summed E-state index contributed by atoms with van der Waals surface area (Å²) in [4.78, 5) is 29.7. The Morgan fingerprint density at radius 3 is 1.66 bits per heavy atom. The third-order valence-electron chi connectivity index (χ3n) is 7.43. The van der Waals surface area contributed by atoms with Gasteiger partial charge in [-0.05, 0) is 41.8 Å². The number of hydrogen-bond acceptors (Lipinski definition) is 20. The summed E-state index contributed by atoms with van der Waals surface area (Å²) in [7, 11) is -15.0. The van der Waals surface area contributed by atoms with Crippen LogP contribution in [0.3, 0.4) is 0 Å². The Balaban J connectivity index is 1.69. The number of azo groups is 3. The van der Waals surface area contributed by atoms with Crippen LogP contribution in [0.5, 0.6) is 17.4 Å². The van der Waals surface area contributed by atoms with Gasteiger partial charge in [0.15, 0.2) is 17.2 Å². The van der Waals surface area contributed by atoms with Gasteiger partial charge >= 0.3 is 11.9 Å². The first-order valence-corrected chi connectivity index (χ1v) is 19.0. The number of aromatic carboxylic acids is 2. The summed E-state index contributed by atoms with van der Waals surface area (Å²) in [6.07, 6.45) is 0. The zero-order valence-electron chi connectivity index (χ0n) is 28.0. The predicted molar refractivity (Wildman–Crippen MR) is 188 cm³/mol. The number of nitro groups is 1. The van der Waals surface area contributed by atoms with E-state index in [9.17, 15) is 84.1 Å². The molecule has 0 radical (unpaired) electrons. The minimum Gasteiger partial charge on any atom is -0.505 e. The van der Waals surface area contributed by atoms with Crippen molar-refractivity contribution in [3.63, 3.8) is 0 Å². The smallest absolute Gasteiger partial charge is 0.358 e. The Kier molecular flexibility index (Phi) is 10.8. The third kappa shape index (κ3) is 8.25. The van der Waals surface area contributed by atoms with Crippen molar-refractivity contribution in [2.24, 2.45) is 37.7 Å². The lowest BCUT2D eigenvalue weighted by molar-refractivity contribution is -0.385. The number of phenolic OH excluding ortho intramolecular Hbond substituents is 2. The summed E-state index contributed by atoms with van der Waals surface area (Å²) >= 11 is 0. The molecule has 0 aliphatic rings. The average molecular weight is 866 g/mol. The summed E-state index contributed by atoms with van der Waals surface area (Å²) in [6.45, 7) is 0. The molecule has 0 saturated heterocycles. The van der Waals surface area contributed by atoms with Crippen molar-refractivity contribution >= 4 is 92.9 Å². The summed E-state index contributed by atoms with van der Waals surface area (Å²) in [5, 5.41) is 85.8. The van der Waals surface area contributed by atoms with Gasteiger partial charge in [0.2, 0.25) is 11.6 Å². The fourth-order valence-electron chi connectivity index (χ4n) is 4.85. The van der Waals surface area contributed by atoms with Gasteiger partial charge in [-0.3, -0.25) is 23.8 Å². The van der Waals surface area contributed by atoms with Gasteiger partial charge in [0, 0.05) is 19.2 Å². The third-order valence-corrected chi connectivity index (χ3v) is 10.0. The Labute approximate surface area is 320 Å². The number of benzene rings is 4. The van der Waals surface area contributed by atoms with Crippen molar-refractivity contribution in [1.29, 1.82) is 0 Å². The molecular formula is C28H19N9O18S3. The lowest BCUT2D eigenvalue weighted by atomic mass is 10.1. The van der Waals surface area contributed by atoms with E-state index in [1.54, 1.807) is 0 Å². The molecule has 0 bridgehead atoms. The molecule has 1 heterocycles. The van der Waals surface area contributed by atoms with Gasteiger partial charge in [0.1, 0.15) is 37.4 Å². The van der Waals surface area contributed by atoms with E-state index in [4.69, 9.17) is 0 Å². The SMILES string of the molecule is Cn1nc(C(=O)O)c(N=Nc2ccc(N=Nc3c(S(=O)(=O)O)cc4cc(S(=O)(=O)O)c(N=Nc5ccc([N+](=O)[O-])cc5S(=O)(=O)O)c(O)c4c3O)c(C(=O)O)c2)c1O. The van der Waals surface area contributed by atoms with Crippen LogP contribution in [-0.4, -0.2) is 91.1 Å². The fourth-order valence-corrected chi connectivity index (χ4v) is 6.81. The summed E-state index contributed by atoms with van der Waals surface area (Å²) in [5.74, 6) is -6.86. The zero-order valence-corrected chi connectivity index (χ0v) is 30.5.